The highest BCUT2D eigenvalue weighted by Crippen LogP contribution is 2.31. The van der Waals surface area contributed by atoms with Gasteiger partial charge in [-0.25, -0.2) is 4.79 Å². The number of benzene rings is 4. The Morgan fingerprint density at radius 3 is 2.20 bits per heavy atom. The number of carbonyl (C=O) groups is 1. The van der Waals surface area contributed by atoms with Crippen LogP contribution in [0.4, 0.5) is 16.2 Å². The number of hydrogen-bond acceptors (Lipinski definition) is 2. The predicted octanol–water partition coefficient (Wildman–Crippen LogP) is 6.70. The monoisotopic (exact) mass is 389 g/mol. The molecule has 4 nitrogen and oxygen atoms in total. The average Bonchev–Trinajstić information content (AvgIpc) is 2.80. The number of amides is 2. The number of aromatic nitrogens is 1. The molecule has 0 aliphatic rings. The van der Waals surface area contributed by atoms with Crippen LogP contribution >= 0.6 is 0 Å². The molecular formula is C26H19N3O. The minimum atomic E-state index is -0.300. The van der Waals surface area contributed by atoms with E-state index in [0.717, 1.165) is 38.5 Å². The second-order valence-corrected chi connectivity index (χ2v) is 7.03. The van der Waals surface area contributed by atoms with Crippen LogP contribution in [0.15, 0.2) is 103 Å². The first-order valence-corrected chi connectivity index (χ1v) is 9.78. The van der Waals surface area contributed by atoms with Gasteiger partial charge in [0.2, 0.25) is 0 Å². The maximum absolute atomic E-state index is 12.8. The smallest absolute Gasteiger partial charge is 0.307 e. The molecule has 4 heteroatoms. The van der Waals surface area contributed by atoms with E-state index in [-0.39, 0.29) is 6.03 Å². The summed E-state index contributed by atoms with van der Waals surface area (Å²) in [7, 11) is 0. The lowest BCUT2D eigenvalue weighted by atomic mass is 10.0. The van der Waals surface area contributed by atoms with Gasteiger partial charge in [-0.3, -0.25) is 4.98 Å². The van der Waals surface area contributed by atoms with Crippen molar-refractivity contribution in [2.24, 2.45) is 0 Å². The van der Waals surface area contributed by atoms with Crippen molar-refractivity contribution in [3.05, 3.63) is 103 Å². The Kier molecular flexibility index (Phi) is 4.58. The van der Waals surface area contributed by atoms with Crippen LogP contribution in [0, 0.1) is 0 Å². The first kappa shape index (κ1) is 17.9. The molecule has 144 valence electrons. The van der Waals surface area contributed by atoms with Crippen LogP contribution in [0.25, 0.3) is 32.8 Å². The molecule has 0 saturated heterocycles. The van der Waals surface area contributed by atoms with E-state index in [2.05, 4.69) is 27.8 Å². The molecule has 1 heterocycles. The Morgan fingerprint density at radius 1 is 0.633 bits per heavy atom. The van der Waals surface area contributed by atoms with Crippen LogP contribution in [0.3, 0.4) is 0 Å². The summed E-state index contributed by atoms with van der Waals surface area (Å²) in [5, 5.41) is 9.00. The van der Waals surface area contributed by atoms with Crippen molar-refractivity contribution in [1.29, 1.82) is 0 Å². The zero-order chi connectivity index (χ0) is 20.3. The zero-order valence-corrected chi connectivity index (χ0v) is 16.2. The maximum Gasteiger partial charge on any atom is 0.323 e. The number of pyridine rings is 1. The molecule has 30 heavy (non-hydrogen) atoms. The third-order valence-electron chi connectivity index (χ3n) is 5.14. The largest absolute Gasteiger partial charge is 0.323 e. The summed E-state index contributed by atoms with van der Waals surface area (Å²) in [6, 6.07) is 31.5. The minimum Gasteiger partial charge on any atom is -0.307 e. The first-order chi connectivity index (χ1) is 14.8. The Balaban J connectivity index is 1.48. The van der Waals surface area contributed by atoms with Gasteiger partial charge in [0, 0.05) is 17.0 Å². The number of carbonyl (C=O) groups excluding carboxylic acids is 1. The highest BCUT2D eigenvalue weighted by atomic mass is 16.2. The van der Waals surface area contributed by atoms with Crippen molar-refractivity contribution in [3.8, 4) is 11.1 Å². The van der Waals surface area contributed by atoms with Crippen molar-refractivity contribution in [2.75, 3.05) is 10.6 Å². The molecule has 0 spiro atoms. The minimum absolute atomic E-state index is 0.300. The molecule has 5 rings (SSSR count). The number of urea groups is 1. The Labute approximate surface area is 174 Å². The van der Waals surface area contributed by atoms with Crippen molar-refractivity contribution in [1.82, 2.24) is 4.98 Å². The summed E-state index contributed by atoms with van der Waals surface area (Å²) in [5.41, 5.74) is 4.39. The molecule has 0 fully saturated rings. The van der Waals surface area contributed by atoms with E-state index in [1.165, 1.54) is 0 Å². The van der Waals surface area contributed by atoms with Crippen LogP contribution in [-0.2, 0) is 0 Å². The first-order valence-electron chi connectivity index (χ1n) is 9.78. The Bertz CT molecular complexity index is 1360. The highest BCUT2D eigenvalue weighted by Gasteiger charge is 2.11. The van der Waals surface area contributed by atoms with Crippen molar-refractivity contribution >= 4 is 39.1 Å². The van der Waals surface area contributed by atoms with E-state index in [1.54, 1.807) is 6.20 Å². The van der Waals surface area contributed by atoms with E-state index in [9.17, 15) is 4.79 Å². The molecule has 5 aromatic rings. The molecule has 0 bridgehead atoms. The molecule has 4 aromatic carbocycles. The fourth-order valence-electron chi connectivity index (χ4n) is 3.76. The van der Waals surface area contributed by atoms with Gasteiger partial charge in [-0.2, -0.15) is 0 Å². The quantitative estimate of drug-likeness (QED) is 0.361. The second-order valence-electron chi connectivity index (χ2n) is 7.03. The second kappa shape index (κ2) is 7.68. The van der Waals surface area contributed by atoms with Gasteiger partial charge in [-0.15, -0.1) is 0 Å². The van der Waals surface area contributed by atoms with E-state index in [4.69, 9.17) is 0 Å². The average molecular weight is 389 g/mol. The molecule has 2 amide bonds. The molecule has 2 N–H and O–H groups in total. The number of para-hydroxylation sites is 1. The lowest BCUT2D eigenvalue weighted by Gasteiger charge is -2.13. The predicted molar refractivity (Wildman–Crippen MR) is 124 cm³/mol. The summed E-state index contributed by atoms with van der Waals surface area (Å²) in [6.45, 7) is 0. The standard InChI is InChI=1S/C26H19N3O/c30-26(28-23-14-6-11-19-10-4-5-12-21(19)23)29-24-15-7-13-22-20(16-17-27-25(22)24)18-8-2-1-3-9-18/h1-17H,(H2,28,29,30). The van der Waals surface area contributed by atoms with Crippen LogP contribution in [0.1, 0.15) is 0 Å². The fourth-order valence-corrected chi connectivity index (χ4v) is 3.76. The summed E-state index contributed by atoms with van der Waals surface area (Å²) in [4.78, 5) is 17.3. The highest BCUT2D eigenvalue weighted by molar-refractivity contribution is 6.10. The van der Waals surface area contributed by atoms with Gasteiger partial charge >= 0.3 is 6.03 Å². The van der Waals surface area contributed by atoms with Gasteiger partial charge < -0.3 is 10.6 Å². The molecule has 1 aromatic heterocycles. The van der Waals surface area contributed by atoms with E-state index >= 15 is 0 Å². The maximum atomic E-state index is 12.8. The molecule has 0 saturated carbocycles. The fraction of sp³-hybridized carbons (Fsp3) is 0. The van der Waals surface area contributed by atoms with Gasteiger partial charge in [0.1, 0.15) is 0 Å². The molecule has 0 atom stereocenters. The van der Waals surface area contributed by atoms with Gasteiger partial charge in [0.05, 0.1) is 16.9 Å². The lowest BCUT2D eigenvalue weighted by molar-refractivity contribution is 0.262. The van der Waals surface area contributed by atoms with Crippen molar-refractivity contribution in [3.63, 3.8) is 0 Å². The summed E-state index contributed by atoms with van der Waals surface area (Å²) in [6.07, 6.45) is 1.78. The Hall–Kier alpha value is -4.18. The Morgan fingerprint density at radius 2 is 1.30 bits per heavy atom. The third-order valence-corrected chi connectivity index (χ3v) is 5.14. The number of nitrogens with zero attached hydrogens (tertiary/aromatic N) is 1. The van der Waals surface area contributed by atoms with Crippen LogP contribution in [0.5, 0.6) is 0 Å². The zero-order valence-electron chi connectivity index (χ0n) is 16.2. The molecule has 0 unspecified atom stereocenters. The van der Waals surface area contributed by atoms with Gasteiger partial charge in [-0.1, -0.05) is 78.9 Å². The van der Waals surface area contributed by atoms with E-state index in [1.807, 2.05) is 84.9 Å². The normalized spacial score (nSPS) is 10.8. The number of rotatable bonds is 3. The lowest BCUT2D eigenvalue weighted by Crippen LogP contribution is -2.19. The summed E-state index contributed by atoms with van der Waals surface area (Å²) >= 11 is 0. The number of fused-ring (bicyclic) bond motifs is 2. The van der Waals surface area contributed by atoms with Gasteiger partial charge in [0.25, 0.3) is 0 Å². The number of hydrogen-bond donors (Lipinski definition) is 2. The molecule has 0 aliphatic heterocycles. The molecule has 0 aliphatic carbocycles. The SMILES string of the molecule is O=C(Nc1cccc2ccccc12)Nc1cccc2c(-c3ccccc3)ccnc12. The molecular weight excluding hydrogens is 370 g/mol. The van der Waals surface area contributed by atoms with E-state index in [0.29, 0.717) is 5.69 Å². The summed E-state index contributed by atoms with van der Waals surface area (Å²) < 4.78 is 0. The summed E-state index contributed by atoms with van der Waals surface area (Å²) in [5.74, 6) is 0. The van der Waals surface area contributed by atoms with Crippen LogP contribution in [0.2, 0.25) is 0 Å². The van der Waals surface area contributed by atoms with Gasteiger partial charge in [0.15, 0.2) is 0 Å². The van der Waals surface area contributed by atoms with Gasteiger partial charge in [-0.05, 0) is 34.7 Å². The number of anilines is 2. The molecule has 0 radical (unpaired) electrons. The topological polar surface area (TPSA) is 54.0 Å². The third kappa shape index (κ3) is 3.35. The van der Waals surface area contributed by atoms with Crippen LogP contribution < -0.4 is 10.6 Å². The van der Waals surface area contributed by atoms with E-state index < -0.39 is 0 Å². The van der Waals surface area contributed by atoms with Crippen molar-refractivity contribution in [2.45, 2.75) is 0 Å². The number of nitrogens with one attached hydrogen (secondary N) is 2. The van der Waals surface area contributed by atoms with Crippen molar-refractivity contribution < 1.29 is 4.79 Å². The van der Waals surface area contributed by atoms with Crippen LogP contribution in [-0.4, -0.2) is 11.0 Å².